The lowest BCUT2D eigenvalue weighted by molar-refractivity contribution is 0.0686. The van der Waals surface area contributed by atoms with Crippen molar-refractivity contribution in [2.75, 3.05) is 0 Å². The maximum absolute atomic E-state index is 13.3. The van der Waals surface area contributed by atoms with E-state index in [1.165, 1.54) is 40.7 Å². The van der Waals surface area contributed by atoms with Gasteiger partial charge in [-0.1, -0.05) is 42.5 Å². The van der Waals surface area contributed by atoms with Gasteiger partial charge >= 0.3 is 11.9 Å². The number of rotatable bonds is 8. The average molecular weight is 425 g/mol. The molecule has 0 aliphatic rings. The molecule has 0 spiro atoms. The molecule has 30 heavy (non-hydrogen) atoms. The molecular formula is C22H19NO6S. The predicted molar refractivity (Wildman–Crippen MR) is 110 cm³/mol. The van der Waals surface area contributed by atoms with Gasteiger partial charge < -0.3 is 10.2 Å². The maximum atomic E-state index is 13.3. The highest BCUT2D eigenvalue weighted by Gasteiger charge is 2.25. The Labute approximate surface area is 173 Å². The lowest BCUT2D eigenvalue weighted by atomic mass is 10.1. The van der Waals surface area contributed by atoms with E-state index in [1.807, 2.05) is 30.3 Å². The van der Waals surface area contributed by atoms with Crippen LogP contribution in [0.25, 0.3) is 0 Å². The van der Waals surface area contributed by atoms with Crippen LogP contribution in [-0.2, 0) is 23.1 Å². The summed E-state index contributed by atoms with van der Waals surface area (Å²) in [6.45, 7) is 0.127. The fraction of sp³-hybridized carbons (Fsp3) is 0.0909. The number of hydrogen-bond donors (Lipinski definition) is 2. The van der Waals surface area contributed by atoms with Gasteiger partial charge in [0.05, 0.1) is 16.0 Å². The second-order valence-electron chi connectivity index (χ2n) is 6.59. The van der Waals surface area contributed by atoms with Crippen molar-refractivity contribution in [2.24, 2.45) is 0 Å². The van der Waals surface area contributed by atoms with E-state index < -0.39 is 22.0 Å². The van der Waals surface area contributed by atoms with E-state index in [1.54, 1.807) is 12.1 Å². The standard InChI is InChI=1S/C22H19NO6S/c24-21(25)18-8-6-17(7-9-18)15-23(14-16-4-2-1-3-5-16)30(28,29)20-12-10-19(11-13-20)22(26)27/h1-13H,14-15H2,(H,24,25)(H,26,27). The summed E-state index contributed by atoms with van der Waals surface area (Å²) >= 11 is 0. The lowest BCUT2D eigenvalue weighted by Crippen LogP contribution is -2.30. The zero-order valence-electron chi connectivity index (χ0n) is 15.8. The van der Waals surface area contributed by atoms with Crippen LogP contribution in [0.5, 0.6) is 0 Å². The average Bonchev–Trinajstić information content (AvgIpc) is 2.74. The minimum Gasteiger partial charge on any atom is -0.478 e. The number of sulfonamides is 1. The third kappa shape index (κ3) is 4.91. The first-order valence-corrected chi connectivity index (χ1v) is 10.4. The molecular weight excluding hydrogens is 406 g/mol. The molecule has 0 fully saturated rings. The highest BCUT2D eigenvalue weighted by atomic mass is 32.2. The lowest BCUT2D eigenvalue weighted by Gasteiger charge is -2.23. The third-order valence-electron chi connectivity index (χ3n) is 4.50. The van der Waals surface area contributed by atoms with E-state index in [9.17, 15) is 18.0 Å². The van der Waals surface area contributed by atoms with Crippen LogP contribution in [-0.4, -0.2) is 34.9 Å². The number of carbonyl (C=O) groups is 2. The first-order valence-electron chi connectivity index (χ1n) is 8.97. The van der Waals surface area contributed by atoms with Crippen molar-refractivity contribution < 1.29 is 28.2 Å². The Balaban J connectivity index is 1.95. The van der Waals surface area contributed by atoms with E-state index >= 15 is 0 Å². The van der Waals surface area contributed by atoms with Crippen LogP contribution >= 0.6 is 0 Å². The molecule has 0 radical (unpaired) electrons. The van der Waals surface area contributed by atoms with Crippen LogP contribution in [0.3, 0.4) is 0 Å². The highest BCUT2D eigenvalue weighted by Crippen LogP contribution is 2.22. The van der Waals surface area contributed by atoms with Crippen LogP contribution in [0.4, 0.5) is 0 Å². The Hall–Kier alpha value is -3.49. The number of aromatic carboxylic acids is 2. The van der Waals surface area contributed by atoms with Crippen LogP contribution in [0.2, 0.25) is 0 Å². The molecule has 0 amide bonds. The normalized spacial score (nSPS) is 11.4. The van der Waals surface area contributed by atoms with Gasteiger partial charge in [0.1, 0.15) is 0 Å². The van der Waals surface area contributed by atoms with Gasteiger partial charge in [0.2, 0.25) is 10.0 Å². The molecule has 3 aromatic rings. The summed E-state index contributed by atoms with van der Waals surface area (Å²) in [5, 5.41) is 18.1. The molecule has 0 saturated carbocycles. The molecule has 2 N–H and O–H groups in total. The Morgan fingerprint density at radius 1 is 0.667 bits per heavy atom. The second kappa shape index (κ2) is 8.89. The Kier molecular flexibility index (Phi) is 6.29. The minimum absolute atomic E-state index is 0.00665. The molecule has 0 saturated heterocycles. The van der Waals surface area contributed by atoms with E-state index in [0.29, 0.717) is 5.56 Å². The fourth-order valence-corrected chi connectivity index (χ4v) is 4.30. The molecule has 154 valence electrons. The molecule has 3 rings (SSSR count). The van der Waals surface area contributed by atoms with Gasteiger partial charge in [-0.15, -0.1) is 0 Å². The summed E-state index contributed by atoms with van der Waals surface area (Å²) in [7, 11) is -3.94. The number of hydrogen-bond acceptors (Lipinski definition) is 4. The van der Waals surface area contributed by atoms with Crippen molar-refractivity contribution in [3.05, 3.63) is 101 Å². The minimum atomic E-state index is -3.94. The number of nitrogens with zero attached hydrogens (tertiary/aromatic N) is 1. The number of carboxylic acids is 2. The smallest absolute Gasteiger partial charge is 0.335 e. The van der Waals surface area contributed by atoms with E-state index in [-0.39, 0.29) is 29.1 Å². The molecule has 0 atom stereocenters. The Bertz CT molecular complexity index is 1140. The van der Waals surface area contributed by atoms with Crippen LogP contribution in [0, 0.1) is 0 Å². The number of carboxylic acid groups (broad SMARTS) is 2. The van der Waals surface area contributed by atoms with Crippen molar-refractivity contribution >= 4 is 22.0 Å². The SMILES string of the molecule is O=C(O)c1ccc(CN(Cc2ccccc2)S(=O)(=O)c2ccc(C(=O)O)cc2)cc1. The second-order valence-corrected chi connectivity index (χ2v) is 8.53. The van der Waals surface area contributed by atoms with Crippen molar-refractivity contribution in [3.8, 4) is 0 Å². The topological polar surface area (TPSA) is 112 Å². The number of benzene rings is 3. The zero-order valence-corrected chi connectivity index (χ0v) is 16.6. The predicted octanol–water partition coefficient (Wildman–Crippen LogP) is 3.47. The van der Waals surface area contributed by atoms with Crippen LogP contribution < -0.4 is 0 Å². The summed E-state index contributed by atoms with van der Waals surface area (Å²) in [4.78, 5) is 22.1. The van der Waals surface area contributed by atoms with Crippen molar-refractivity contribution in [1.29, 1.82) is 0 Å². The van der Waals surface area contributed by atoms with E-state index in [4.69, 9.17) is 10.2 Å². The molecule has 0 heterocycles. The van der Waals surface area contributed by atoms with Crippen molar-refractivity contribution in [2.45, 2.75) is 18.0 Å². The summed E-state index contributed by atoms with van der Waals surface area (Å²) in [6, 6.07) is 20.1. The molecule has 8 heteroatoms. The first kappa shape index (κ1) is 21.2. The molecule has 0 bridgehead atoms. The molecule has 3 aromatic carbocycles. The molecule has 0 aliphatic heterocycles. The van der Waals surface area contributed by atoms with Gasteiger partial charge in [-0.05, 0) is 47.5 Å². The molecule has 7 nitrogen and oxygen atoms in total. The maximum Gasteiger partial charge on any atom is 0.335 e. The van der Waals surface area contributed by atoms with Gasteiger partial charge in [-0.3, -0.25) is 0 Å². The molecule has 0 aromatic heterocycles. The van der Waals surface area contributed by atoms with Gasteiger partial charge in [0.15, 0.2) is 0 Å². The van der Waals surface area contributed by atoms with Crippen molar-refractivity contribution in [1.82, 2.24) is 4.31 Å². The third-order valence-corrected chi connectivity index (χ3v) is 6.31. The molecule has 0 unspecified atom stereocenters. The monoisotopic (exact) mass is 425 g/mol. The highest BCUT2D eigenvalue weighted by molar-refractivity contribution is 7.89. The first-order chi connectivity index (χ1) is 14.3. The Morgan fingerprint density at radius 3 is 1.57 bits per heavy atom. The largest absolute Gasteiger partial charge is 0.478 e. The van der Waals surface area contributed by atoms with Crippen molar-refractivity contribution in [3.63, 3.8) is 0 Å². The van der Waals surface area contributed by atoms with E-state index in [0.717, 1.165) is 5.56 Å². The molecule has 0 aliphatic carbocycles. The Morgan fingerprint density at radius 2 is 1.10 bits per heavy atom. The fourth-order valence-electron chi connectivity index (χ4n) is 2.89. The van der Waals surface area contributed by atoms with Gasteiger partial charge in [-0.2, -0.15) is 4.31 Å². The van der Waals surface area contributed by atoms with Crippen LogP contribution in [0.1, 0.15) is 31.8 Å². The zero-order chi connectivity index (χ0) is 21.7. The van der Waals surface area contributed by atoms with Gasteiger partial charge in [-0.25, -0.2) is 18.0 Å². The summed E-state index contributed by atoms with van der Waals surface area (Å²) in [5.41, 5.74) is 1.51. The summed E-state index contributed by atoms with van der Waals surface area (Å²) in [6.07, 6.45) is 0. The summed E-state index contributed by atoms with van der Waals surface area (Å²) in [5.74, 6) is -2.20. The van der Waals surface area contributed by atoms with E-state index in [2.05, 4.69) is 0 Å². The van der Waals surface area contributed by atoms with Gasteiger partial charge in [0, 0.05) is 13.1 Å². The quantitative estimate of drug-likeness (QED) is 0.572. The summed E-state index contributed by atoms with van der Waals surface area (Å²) < 4.78 is 27.8. The van der Waals surface area contributed by atoms with Gasteiger partial charge in [0.25, 0.3) is 0 Å². The van der Waals surface area contributed by atoms with Crippen LogP contribution in [0.15, 0.2) is 83.8 Å².